The number of benzene rings is 3. The molecule has 3 aromatic rings. The average molecular weight is 624 g/mol. The van der Waals surface area contributed by atoms with Crippen molar-refractivity contribution < 1.29 is 19.1 Å². The minimum Gasteiger partial charge on any atom is -0.493 e. The summed E-state index contributed by atoms with van der Waals surface area (Å²) in [6.45, 7) is 9.70. The Hall–Kier alpha value is -3.83. The summed E-state index contributed by atoms with van der Waals surface area (Å²) in [4.78, 5) is 30.8. The van der Waals surface area contributed by atoms with Crippen LogP contribution >= 0.6 is 11.6 Å². The van der Waals surface area contributed by atoms with Gasteiger partial charge in [-0.25, -0.2) is 0 Å². The molecule has 1 aliphatic heterocycles. The summed E-state index contributed by atoms with van der Waals surface area (Å²) < 4.78 is 12.0. The molecule has 0 bridgehead atoms. The number of ether oxygens (including phenoxy) is 2. The largest absolute Gasteiger partial charge is 0.493 e. The fraction of sp³-hybridized carbons (Fsp3) is 0.385. The van der Waals surface area contributed by atoms with Crippen molar-refractivity contribution >= 4 is 23.2 Å². The molecule has 0 saturated carbocycles. The van der Waals surface area contributed by atoms with Gasteiger partial charge in [0, 0.05) is 47.8 Å². The fourth-order valence-electron chi connectivity index (χ4n) is 7.31. The number of methoxy groups -OCH3 is 1. The molecule has 0 fully saturated rings. The zero-order chi connectivity index (χ0) is 31.9. The van der Waals surface area contributed by atoms with Crippen LogP contribution in [0, 0.1) is 10.8 Å². The minimum atomic E-state index is -0.509. The first kappa shape index (κ1) is 31.2. The molecule has 0 aromatic heterocycles. The Balaban J connectivity index is 1.48. The van der Waals surface area contributed by atoms with Crippen LogP contribution in [0.25, 0.3) is 0 Å². The van der Waals surface area contributed by atoms with Gasteiger partial charge >= 0.3 is 0 Å². The number of ketones is 2. The Morgan fingerprint density at radius 2 is 1.31 bits per heavy atom. The van der Waals surface area contributed by atoms with Crippen molar-refractivity contribution in [2.75, 3.05) is 13.7 Å². The van der Waals surface area contributed by atoms with Crippen LogP contribution in [0.4, 0.5) is 0 Å². The molecule has 0 N–H and O–H groups in total. The van der Waals surface area contributed by atoms with E-state index in [2.05, 4.69) is 56.9 Å². The van der Waals surface area contributed by atoms with Crippen molar-refractivity contribution in [2.24, 2.45) is 10.8 Å². The molecular formula is C39H42ClNO4. The van der Waals surface area contributed by atoms with Crippen molar-refractivity contribution in [2.45, 2.75) is 72.3 Å². The van der Waals surface area contributed by atoms with E-state index in [-0.39, 0.29) is 22.4 Å². The maximum atomic E-state index is 14.2. The summed E-state index contributed by atoms with van der Waals surface area (Å²) in [6, 6.07) is 24.1. The first-order valence-electron chi connectivity index (χ1n) is 15.8. The van der Waals surface area contributed by atoms with Crippen LogP contribution in [0.15, 0.2) is 95.3 Å². The Morgan fingerprint density at radius 1 is 0.778 bits per heavy atom. The molecule has 0 saturated heterocycles. The molecule has 0 atom stereocenters. The van der Waals surface area contributed by atoms with Gasteiger partial charge in [-0.2, -0.15) is 0 Å². The normalized spacial score (nSPS) is 19.4. The van der Waals surface area contributed by atoms with E-state index in [1.54, 1.807) is 7.11 Å². The highest BCUT2D eigenvalue weighted by atomic mass is 35.5. The van der Waals surface area contributed by atoms with Crippen molar-refractivity contribution in [3.8, 4) is 11.5 Å². The van der Waals surface area contributed by atoms with Crippen LogP contribution in [-0.4, -0.2) is 30.1 Å². The van der Waals surface area contributed by atoms with Crippen LogP contribution in [0.1, 0.15) is 76.0 Å². The summed E-state index contributed by atoms with van der Waals surface area (Å²) in [7, 11) is 1.59. The number of nitrogens with zero attached hydrogens (tertiary/aromatic N) is 1. The second-order valence-corrected chi connectivity index (χ2v) is 14.6. The van der Waals surface area contributed by atoms with Crippen LogP contribution in [0.3, 0.4) is 0 Å². The van der Waals surface area contributed by atoms with E-state index in [0.29, 0.717) is 42.5 Å². The summed E-state index contributed by atoms with van der Waals surface area (Å²) in [5.41, 5.74) is 6.18. The molecule has 3 aliphatic rings. The minimum absolute atomic E-state index is 0.0969. The highest BCUT2D eigenvalue weighted by Gasteiger charge is 2.49. The maximum absolute atomic E-state index is 14.2. The lowest BCUT2D eigenvalue weighted by atomic mass is 9.63. The van der Waals surface area contributed by atoms with Gasteiger partial charge in [0.05, 0.1) is 12.1 Å². The Labute approximate surface area is 271 Å². The molecule has 234 valence electrons. The van der Waals surface area contributed by atoms with Gasteiger partial charge < -0.3 is 14.4 Å². The highest BCUT2D eigenvalue weighted by Crippen LogP contribution is 2.55. The van der Waals surface area contributed by atoms with Crippen LogP contribution < -0.4 is 9.47 Å². The molecule has 0 unspecified atom stereocenters. The first-order valence-corrected chi connectivity index (χ1v) is 16.2. The van der Waals surface area contributed by atoms with Crippen molar-refractivity contribution in [3.63, 3.8) is 0 Å². The van der Waals surface area contributed by atoms with Gasteiger partial charge in [-0.1, -0.05) is 100.0 Å². The predicted octanol–water partition coefficient (Wildman–Crippen LogP) is 8.86. The lowest BCUT2D eigenvalue weighted by Gasteiger charge is -2.49. The highest BCUT2D eigenvalue weighted by molar-refractivity contribution is 6.32. The zero-order valence-electron chi connectivity index (χ0n) is 26.9. The molecule has 2 aliphatic carbocycles. The van der Waals surface area contributed by atoms with Gasteiger partial charge in [-0.15, -0.1) is 0 Å². The van der Waals surface area contributed by atoms with E-state index in [1.807, 2.05) is 48.5 Å². The standard InChI is InChI=1S/C39H42ClNO4/c1-38(2)20-29-35(31(42)22-38)34(27-18-28(40)37(33(19-27)44-5)45-24-26-14-10-7-11-15-26)36-30(21-39(3,4)23-32(36)43)41(29)17-16-25-12-8-6-9-13-25/h6-15,18-19,34H,16-17,20-24H2,1-5H3. The molecule has 0 spiro atoms. The van der Waals surface area contributed by atoms with Crippen LogP contribution in [0.2, 0.25) is 5.02 Å². The van der Waals surface area contributed by atoms with Gasteiger partial charge in [0.2, 0.25) is 0 Å². The van der Waals surface area contributed by atoms with E-state index < -0.39 is 5.92 Å². The molecule has 1 heterocycles. The van der Waals surface area contributed by atoms with Crippen molar-refractivity contribution in [3.05, 3.63) is 117 Å². The molecule has 6 heteroatoms. The predicted molar refractivity (Wildman–Crippen MR) is 178 cm³/mol. The second-order valence-electron chi connectivity index (χ2n) is 14.2. The van der Waals surface area contributed by atoms with Crippen molar-refractivity contribution in [1.82, 2.24) is 4.90 Å². The molecule has 0 amide bonds. The van der Waals surface area contributed by atoms with E-state index in [1.165, 1.54) is 5.56 Å². The second kappa shape index (κ2) is 12.2. The van der Waals surface area contributed by atoms with E-state index in [0.717, 1.165) is 52.9 Å². The summed E-state index contributed by atoms with van der Waals surface area (Å²) in [6.07, 6.45) is 3.19. The van der Waals surface area contributed by atoms with Gasteiger partial charge in [0.15, 0.2) is 23.1 Å². The Bertz CT molecular complexity index is 1630. The SMILES string of the molecule is COc1cc(C2C3=C(CC(C)(C)CC3=O)N(CCc3ccccc3)C3=C2C(=O)CC(C)(C)C3)cc(Cl)c1OCc1ccccc1. The number of hydrogen-bond acceptors (Lipinski definition) is 5. The van der Waals surface area contributed by atoms with Crippen LogP contribution in [0.5, 0.6) is 11.5 Å². The van der Waals surface area contributed by atoms with Gasteiger partial charge in [0.25, 0.3) is 0 Å². The molecule has 5 nitrogen and oxygen atoms in total. The number of carbonyl (C=O) groups excluding carboxylic acids is 2. The average Bonchev–Trinajstić information content (AvgIpc) is 2.98. The number of halogens is 1. The summed E-state index contributed by atoms with van der Waals surface area (Å²) in [5.74, 6) is 0.614. The summed E-state index contributed by atoms with van der Waals surface area (Å²) >= 11 is 6.94. The fourth-order valence-corrected chi connectivity index (χ4v) is 7.59. The molecule has 3 aromatic carbocycles. The van der Waals surface area contributed by atoms with Crippen LogP contribution in [-0.2, 0) is 22.6 Å². The monoisotopic (exact) mass is 623 g/mol. The van der Waals surface area contributed by atoms with Gasteiger partial charge in [-0.3, -0.25) is 9.59 Å². The van der Waals surface area contributed by atoms with Gasteiger partial charge in [0.1, 0.15) is 6.61 Å². The third-order valence-electron chi connectivity index (χ3n) is 9.30. The number of carbonyl (C=O) groups is 2. The Kier molecular flexibility index (Phi) is 8.43. The zero-order valence-corrected chi connectivity index (χ0v) is 27.7. The lowest BCUT2D eigenvalue weighted by Crippen LogP contribution is -2.45. The first-order chi connectivity index (χ1) is 21.5. The maximum Gasteiger partial charge on any atom is 0.180 e. The molecular weight excluding hydrogens is 582 g/mol. The quantitative estimate of drug-likeness (QED) is 0.251. The van der Waals surface area contributed by atoms with E-state index in [4.69, 9.17) is 21.1 Å². The van der Waals surface area contributed by atoms with Crippen molar-refractivity contribution in [1.29, 1.82) is 0 Å². The van der Waals surface area contributed by atoms with E-state index in [9.17, 15) is 9.59 Å². The lowest BCUT2D eigenvalue weighted by molar-refractivity contribution is -0.119. The van der Waals surface area contributed by atoms with Gasteiger partial charge in [-0.05, 0) is 58.9 Å². The third kappa shape index (κ3) is 6.33. The number of hydrogen-bond donors (Lipinski definition) is 0. The smallest absolute Gasteiger partial charge is 0.180 e. The number of rotatable bonds is 8. The topological polar surface area (TPSA) is 55.8 Å². The molecule has 45 heavy (non-hydrogen) atoms. The number of allylic oxidation sites excluding steroid dienone is 4. The Morgan fingerprint density at radius 3 is 1.84 bits per heavy atom. The number of Topliss-reactive ketones (excluding diaryl/α,β-unsaturated/α-hetero) is 2. The summed E-state index contributed by atoms with van der Waals surface area (Å²) in [5, 5.41) is 0.392. The van der Waals surface area contributed by atoms with E-state index >= 15 is 0 Å². The molecule has 0 radical (unpaired) electrons. The molecule has 6 rings (SSSR count). The third-order valence-corrected chi connectivity index (χ3v) is 9.58.